The Morgan fingerprint density at radius 3 is 2.45 bits per heavy atom. The third-order valence-electron chi connectivity index (χ3n) is 3.70. The van der Waals surface area contributed by atoms with Crippen molar-refractivity contribution in [3.8, 4) is 0 Å². The second kappa shape index (κ2) is 5.93. The highest BCUT2D eigenvalue weighted by Gasteiger charge is 2.37. The van der Waals surface area contributed by atoms with Crippen LogP contribution < -0.4 is 5.73 Å². The van der Waals surface area contributed by atoms with Crippen LogP contribution in [0.2, 0.25) is 0 Å². The molecule has 1 aromatic carbocycles. The third-order valence-corrected chi connectivity index (χ3v) is 5.88. The van der Waals surface area contributed by atoms with Crippen molar-refractivity contribution in [1.29, 1.82) is 0 Å². The second-order valence-corrected chi connectivity index (χ2v) is 7.79. The Bertz CT molecular complexity index is 565. The van der Waals surface area contributed by atoms with Gasteiger partial charge in [-0.05, 0) is 19.0 Å². The van der Waals surface area contributed by atoms with Gasteiger partial charge in [0, 0.05) is 13.1 Å². The molecule has 1 atom stereocenters. The molecule has 0 saturated carbocycles. The lowest BCUT2D eigenvalue weighted by Crippen LogP contribution is -2.54. The second-order valence-electron chi connectivity index (χ2n) is 5.46. The summed E-state index contributed by atoms with van der Waals surface area (Å²) in [4.78, 5) is 13.5. The van der Waals surface area contributed by atoms with Crippen molar-refractivity contribution in [2.45, 2.75) is 11.7 Å². The molecule has 0 aromatic heterocycles. The van der Waals surface area contributed by atoms with Gasteiger partial charge in [0.25, 0.3) is 0 Å². The predicted octanol–water partition coefficient (Wildman–Crippen LogP) is 0.0594. The zero-order chi connectivity index (χ0) is 14.8. The molecule has 1 fully saturated rings. The number of primary amides is 1. The Morgan fingerprint density at radius 2 is 1.95 bits per heavy atom. The van der Waals surface area contributed by atoms with Crippen molar-refractivity contribution in [2.24, 2.45) is 11.7 Å². The van der Waals surface area contributed by atoms with E-state index in [0.717, 1.165) is 5.56 Å². The zero-order valence-corrected chi connectivity index (χ0v) is 12.3. The molecule has 1 aromatic rings. The molecule has 1 aliphatic rings. The predicted molar refractivity (Wildman–Crippen MR) is 77.9 cm³/mol. The largest absolute Gasteiger partial charge is 0.369 e. The minimum atomic E-state index is -3.26. The van der Waals surface area contributed by atoms with Gasteiger partial charge in [0.05, 0.1) is 16.9 Å². The molecule has 20 heavy (non-hydrogen) atoms. The summed E-state index contributed by atoms with van der Waals surface area (Å²) in [7, 11) is -1.39. The average molecular weight is 296 g/mol. The van der Waals surface area contributed by atoms with Gasteiger partial charge in [-0.3, -0.25) is 4.79 Å². The Hall–Kier alpha value is -1.40. The number of sulfone groups is 1. The maximum absolute atomic E-state index is 12.2. The van der Waals surface area contributed by atoms with Gasteiger partial charge in [-0.1, -0.05) is 30.3 Å². The number of hydrogen-bond donors (Lipinski definition) is 1. The van der Waals surface area contributed by atoms with Gasteiger partial charge in [-0.15, -0.1) is 0 Å². The van der Waals surface area contributed by atoms with Crippen LogP contribution in [0.1, 0.15) is 5.56 Å². The fraction of sp³-hybridized carbons (Fsp3) is 0.500. The van der Waals surface area contributed by atoms with Crippen molar-refractivity contribution in [3.63, 3.8) is 0 Å². The van der Waals surface area contributed by atoms with Gasteiger partial charge in [-0.25, -0.2) is 8.42 Å². The number of likely N-dealkylation sites (tertiary alicyclic amines) is 1. The summed E-state index contributed by atoms with van der Waals surface area (Å²) in [5.41, 5.74) is 6.29. The molecule has 0 radical (unpaired) electrons. The fourth-order valence-corrected chi connectivity index (χ4v) is 4.50. The fourth-order valence-electron chi connectivity index (χ4n) is 2.43. The van der Waals surface area contributed by atoms with Crippen LogP contribution in [0, 0.1) is 5.92 Å². The molecule has 1 saturated heterocycles. The SMILES string of the molecule is CN1CC(S(=O)(=O)C[C@@H](Cc2ccccc2)C(N)=O)C1. The van der Waals surface area contributed by atoms with Crippen molar-refractivity contribution in [2.75, 3.05) is 25.9 Å². The van der Waals surface area contributed by atoms with Gasteiger partial charge >= 0.3 is 0 Å². The molecule has 5 nitrogen and oxygen atoms in total. The Labute approximate surface area is 119 Å². The number of carbonyl (C=O) groups is 1. The van der Waals surface area contributed by atoms with E-state index in [4.69, 9.17) is 5.73 Å². The Kier molecular flexibility index (Phi) is 4.45. The number of nitrogens with two attached hydrogens (primary N) is 1. The molecule has 6 heteroatoms. The van der Waals surface area contributed by atoms with E-state index in [0.29, 0.717) is 19.5 Å². The van der Waals surface area contributed by atoms with Crippen molar-refractivity contribution in [1.82, 2.24) is 4.90 Å². The average Bonchev–Trinajstić information content (AvgIpc) is 2.35. The summed E-state index contributed by atoms with van der Waals surface area (Å²) in [5.74, 6) is -1.37. The standard InChI is InChI=1S/C14H20N2O3S/c1-16-8-13(9-16)20(18,19)10-12(14(15)17)7-11-5-3-2-4-6-11/h2-6,12-13H,7-10H2,1H3,(H2,15,17)/t12-/m1/s1. The first kappa shape index (κ1) is 15.0. The number of carbonyl (C=O) groups excluding carboxylic acids is 1. The number of hydrogen-bond acceptors (Lipinski definition) is 4. The third kappa shape index (κ3) is 3.58. The zero-order valence-electron chi connectivity index (χ0n) is 11.5. The molecular formula is C14H20N2O3S. The lowest BCUT2D eigenvalue weighted by Gasteiger charge is -2.36. The molecule has 110 valence electrons. The highest BCUT2D eigenvalue weighted by molar-refractivity contribution is 7.92. The molecule has 2 N–H and O–H groups in total. The monoisotopic (exact) mass is 296 g/mol. The number of nitrogens with zero attached hydrogens (tertiary/aromatic N) is 1. The minimum Gasteiger partial charge on any atom is -0.369 e. The van der Waals surface area contributed by atoms with Crippen LogP contribution >= 0.6 is 0 Å². The van der Waals surface area contributed by atoms with Crippen LogP contribution in [0.5, 0.6) is 0 Å². The van der Waals surface area contributed by atoms with Crippen LogP contribution in [-0.2, 0) is 21.1 Å². The van der Waals surface area contributed by atoms with Gasteiger partial charge in [0.1, 0.15) is 0 Å². The Balaban J connectivity index is 2.04. The molecule has 0 unspecified atom stereocenters. The maximum Gasteiger partial charge on any atom is 0.221 e. The maximum atomic E-state index is 12.2. The van der Waals surface area contributed by atoms with Crippen LogP contribution in [0.3, 0.4) is 0 Å². The van der Waals surface area contributed by atoms with Gasteiger partial charge in [0.15, 0.2) is 9.84 Å². The van der Waals surface area contributed by atoms with E-state index in [-0.39, 0.29) is 11.0 Å². The van der Waals surface area contributed by atoms with Gasteiger partial charge in [0.2, 0.25) is 5.91 Å². The van der Waals surface area contributed by atoms with E-state index in [9.17, 15) is 13.2 Å². The summed E-state index contributed by atoms with van der Waals surface area (Å²) in [5, 5.41) is -0.356. The summed E-state index contributed by atoms with van der Waals surface area (Å²) in [6.45, 7) is 1.08. The molecular weight excluding hydrogens is 276 g/mol. The lowest BCUT2D eigenvalue weighted by molar-refractivity contribution is -0.121. The highest BCUT2D eigenvalue weighted by atomic mass is 32.2. The van der Waals surface area contributed by atoms with E-state index >= 15 is 0 Å². The number of amides is 1. The smallest absolute Gasteiger partial charge is 0.221 e. The molecule has 0 spiro atoms. The summed E-state index contributed by atoms with van der Waals surface area (Å²) in [6.07, 6.45) is 0.373. The summed E-state index contributed by atoms with van der Waals surface area (Å²) >= 11 is 0. The first-order chi connectivity index (χ1) is 9.38. The van der Waals surface area contributed by atoms with Crippen molar-refractivity contribution in [3.05, 3.63) is 35.9 Å². The topological polar surface area (TPSA) is 80.5 Å². The van der Waals surface area contributed by atoms with Gasteiger partial charge < -0.3 is 10.6 Å². The molecule has 0 aliphatic carbocycles. The molecule has 1 heterocycles. The van der Waals surface area contributed by atoms with E-state index in [1.807, 2.05) is 42.3 Å². The Morgan fingerprint density at radius 1 is 1.35 bits per heavy atom. The van der Waals surface area contributed by atoms with Crippen molar-refractivity contribution < 1.29 is 13.2 Å². The minimum absolute atomic E-state index is 0.157. The number of rotatable bonds is 6. The quantitative estimate of drug-likeness (QED) is 0.805. The van der Waals surface area contributed by atoms with Crippen LogP contribution in [0.15, 0.2) is 30.3 Å². The van der Waals surface area contributed by atoms with Gasteiger partial charge in [-0.2, -0.15) is 0 Å². The molecule has 1 amide bonds. The normalized spacial score (nSPS) is 18.4. The summed E-state index contributed by atoms with van der Waals surface area (Å²) in [6, 6.07) is 9.36. The molecule has 1 aliphatic heterocycles. The first-order valence-corrected chi connectivity index (χ1v) is 8.33. The summed E-state index contributed by atoms with van der Waals surface area (Å²) < 4.78 is 24.5. The van der Waals surface area contributed by atoms with Crippen LogP contribution in [0.4, 0.5) is 0 Å². The van der Waals surface area contributed by atoms with Crippen LogP contribution in [0.25, 0.3) is 0 Å². The molecule has 0 bridgehead atoms. The van der Waals surface area contributed by atoms with Crippen molar-refractivity contribution >= 4 is 15.7 Å². The lowest BCUT2D eigenvalue weighted by atomic mass is 10.0. The highest BCUT2D eigenvalue weighted by Crippen LogP contribution is 2.19. The molecule has 2 rings (SSSR count). The van der Waals surface area contributed by atoms with Crippen LogP contribution in [-0.4, -0.2) is 50.4 Å². The van der Waals surface area contributed by atoms with E-state index in [1.165, 1.54) is 0 Å². The van der Waals surface area contributed by atoms with E-state index < -0.39 is 21.7 Å². The first-order valence-electron chi connectivity index (χ1n) is 6.62. The number of benzene rings is 1. The van der Waals surface area contributed by atoms with E-state index in [2.05, 4.69) is 0 Å². The van der Waals surface area contributed by atoms with E-state index in [1.54, 1.807) is 0 Å².